The van der Waals surface area contributed by atoms with Gasteiger partial charge in [0.05, 0.1) is 12.3 Å². The average Bonchev–Trinajstić information content (AvgIpc) is 2.37. The Morgan fingerprint density at radius 2 is 1.55 bits per heavy atom. The highest BCUT2D eigenvalue weighted by molar-refractivity contribution is 7.89. The van der Waals surface area contributed by atoms with Crippen LogP contribution in [-0.4, -0.2) is 46.6 Å². The van der Waals surface area contributed by atoms with Crippen LogP contribution in [0.3, 0.4) is 0 Å². The summed E-state index contributed by atoms with van der Waals surface area (Å²) in [6, 6.07) is -0.445. The van der Waals surface area contributed by atoms with E-state index in [1.54, 1.807) is 21.0 Å². The maximum Gasteiger partial charge on any atom is 0.250 e. The fourth-order valence-corrected chi connectivity index (χ4v) is 1.71. The van der Waals surface area contributed by atoms with E-state index in [4.69, 9.17) is 0 Å². The Bertz CT molecular complexity index is 392. The molecule has 0 fully saturated rings. The summed E-state index contributed by atoms with van der Waals surface area (Å²) >= 11 is 0. The maximum absolute atomic E-state index is 11.1. The van der Waals surface area contributed by atoms with Crippen molar-refractivity contribution < 1.29 is 18.0 Å². The van der Waals surface area contributed by atoms with Crippen molar-refractivity contribution in [1.82, 2.24) is 15.4 Å². The summed E-state index contributed by atoms with van der Waals surface area (Å²) in [6.07, 6.45) is 2.42. The lowest BCUT2D eigenvalue weighted by atomic mass is 10.1. The average molecular weight is 309 g/mol. The van der Waals surface area contributed by atoms with Gasteiger partial charge in [0.1, 0.15) is 0 Å². The monoisotopic (exact) mass is 309 g/mol. The zero-order chi connectivity index (χ0) is 16.3. The molecule has 0 aromatic carbocycles. The van der Waals surface area contributed by atoms with Crippen LogP contribution in [0.15, 0.2) is 0 Å². The first-order valence-corrected chi connectivity index (χ1v) is 8.42. The molecule has 7 nitrogen and oxygen atoms in total. The predicted octanol–water partition coefficient (Wildman–Crippen LogP) is -0.161. The summed E-state index contributed by atoms with van der Waals surface area (Å²) in [7, 11) is -0.160. The Balaban J connectivity index is 0. The van der Waals surface area contributed by atoms with Crippen molar-refractivity contribution in [2.45, 2.75) is 39.7 Å². The molecule has 2 amide bonds. The molecule has 2 unspecified atom stereocenters. The fourth-order valence-electron chi connectivity index (χ4n) is 1.21. The van der Waals surface area contributed by atoms with Crippen LogP contribution in [0.2, 0.25) is 0 Å². The molecular formula is C12H27N3O4S. The lowest BCUT2D eigenvalue weighted by Crippen LogP contribution is -2.44. The first kappa shape index (κ1) is 21.2. The molecule has 0 radical (unpaired) electrons. The van der Waals surface area contributed by atoms with Crippen molar-refractivity contribution >= 4 is 21.8 Å². The number of nitrogens with one attached hydrogen (secondary N) is 3. The molecule has 0 rings (SSSR count). The molecule has 0 heterocycles. The number of hydrogen-bond donors (Lipinski definition) is 3. The molecule has 20 heavy (non-hydrogen) atoms. The zero-order valence-corrected chi connectivity index (χ0v) is 13.9. The predicted molar refractivity (Wildman–Crippen MR) is 79.6 cm³/mol. The van der Waals surface area contributed by atoms with E-state index >= 15 is 0 Å². The van der Waals surface area contributed by atoms with Gasteiger partial charge < -0.3 is 10.6 Å². The molecule has 0 aromatic heterocycles. The topological polar surface area (TPSA) is 104 Å². The number of carbonyl (C=O) groups excluding carboxylic acids is 2. The van der Waals surface area contributed by atoms with Crippen molar-refractivity contribution in [1.29, 1.82) is 0 Å². The molecule has 2 atom stereocenters. The first-order valence-electron chi connectivity index (χ1n) is 6.53. The maximum atomic E-state index is 11.1. The van der Waals surface area contributed by atoms with E-state index in [9.17, 15) is 18.0 Å². The van der Waals surface area contributed by atoms with Crippen molar-refractivity contribution in [2.75, 3.05) is 20.4 Å². The third kappa shape index (κ3) is 10.7. The third-order valence-corrected chi connectivity index (χ3v) is 3.24. The molecule has 120 valence electrons. The highest BCUT2D eigenvalue weighted by Crippen LogP contribution is 1.97. The van der Waals surface area contributed by atoms with Crippen LogP contribution in [0.5, 0.6) is 0 Å². The summed E-state index contributed by atoms with van der Waals surface area (Å²) in [4.78, 5) is 21.7. The van der Waals surface area contributed by atoms with Gasteiger partial charge in [-0.15, -0.1) is 0 Å². The van der Waals surface area contributed by atoms with Gasteiger partial charge in [0.2, 0.25) is 15.9 Å². The van der Waals surface area contributed by atoms with Gasteiger partial charge in [-0.25, -0.2) is 8.42 Å². The Morgan fingerprint density at radius 1 is 1.05 bits per heavy atom. The van der Waals surface area contributed by atoms with Gasteiger partial charge in [-0.05, 0) is 19.9 Å². The Kier molecular flexibility index (Phi) is 11.2. The van der Waals surface area contributed by atoms with E-state index < -0.39 is 22.0 Å². The number of carbonyl (C=O) groups is 2. The number of amides is 2. The van der Waals surface area contributed by atoms with E-state index in [1.165, 1.54) is 0 Å². The van der Waals surface area contributed by atoms with Crippen LogP contribution < -0.4 is 15.4 Å². The van der Waals surface area contributed by atoms with E-state index in [0.717, 1.165) is 12.7 Å². The van der Waals surface area contributed by atoms with Crippen molar-refractivity contribution in [2.24, 2.45) is 5.92 Å². The molecule has 0 aliphatic rings. The molecule has 8 heteroatoms. The van der Waals surface area contributed by atoms with Crippen LogP contribution in [0.25, 0.3) is 0 Å². The van der Waals surface area contributed by atoms with Crippen LogP contribution >= 0.6 is 0 Å². The minimum absolute atomic E-state index is 0.132. The highest BCUT2D eigenvalue weighted by atomic mass is 32.2. The standard InChI is InChI=1S/C6H14N2O3S.C6H13NO/c1-4-5(7-2)6(9)8-12(3,10)11;1-4-5(2)6(8)7-3/h5,7H,4H2,1-3H3,(H,8,9);5H,4H2,1-3H3,(H,7,8). The van der Waals surface area contributed by atoms with Crippen LogP contribution in [-0.2, 0) is 19.6 Å². The van der Waals surface area contributed by atoms with Crippen molar-refractivity contribution in [3.05, 3.63) is 0 Å². The van der Waals surface area contributed by atoms with Crippen molar-refractivity contribution in [3.8, 4) is 0 Å². The fraction of sp³-hybridized carbons (Fsp3) is 0.833. The number of likely N-dealkylation sites (N-methyl/N-ethyl adjacent to an activating group) is 1. The Labute approximate surface area is 121 Å². The lowest BCUT2D eigenvalue weighted by Gasteiger charge is -2.11. The highest BCUT2D eigenvalue weighted by Gasteiger charge is 2.16. The summed E-state index contributed by atoms with van der Waals surface area (Å²) < 4.78 is 23.1. The lowest BCUT2D eigenvalue weighted by molar-refractivity contribution is -0.124. The number of rotatable bonds is 6. The van der Waals surface area contributed by atoms with Gasteiger partial charge >= 0.3 is 0 Å². The van der Waals surface area contributed by atoms with E-state index in [-0.39, 0.29) is 11.8 Å². The summed E-state index contributed by atoms with van der Waals surface area (Å²) in [5.41, 5.74) is 0. The minimum atomic E-state index is -3.43. The quantitative estimate of drug-likeness (QED) is 0.632. The molecule has 0 spiro atoms. The first-order chi connectivity index (χ1) is 9.12. The van der Waals surface area contributed by atoms with E-state index in [2.05, 4.69) is 10.6 Å². The SMILES string of the molecule is CCC(C)C(=O)NC.CCC(NC)C(=O)NS(C)(=O)=O. The third-order valence-electron chi connectivity index (χ3n) is 2.67. The van der Waals surface area contributed by atoms with Gasteiger partial charge in [0.15, 0.2) is 0 Å². The second-order valence-corrected chi connectivity index (χ2v) is 6.16. The van der Waals surface area contributed by atoms with Crippen LogP contribution in [0.1, 0.15) is 33.6 Å². The summed E-state index contributed by atoms with van der Waals surface area (Å²) in [6.45, 7) is 5.71. The van der Waals surface area contributed by atoms with Crippen LogP contribution in [0, 0.1) is 5.92 Å². The molecule has 0 saturated carbocycles. The molecule has 0 aromatic rings. The van der Waals surface area contributed by atoms with Gasteiger partial charge in [0.25, 0.3) is 5.91 Å². The molecule has 0 saturated heterocycles. The minimum Gasteiger partial charge on any atom is -0.359 e. The van der Waals surface area contributed by atoms with Crippen molar-refractivity contribution in [3.63, 3.8) is 0 Å². The summed E-state index contributed by atoms with van der Waals surface area (Å²) in [5.74, 6) is -0.213. The van der Waals surface area contributed by atoms with Gasteiger partial charge in [-0.3, -0.25) is 14.3 Å². The van der Waals surface area contributed by atoms with Gasteiger partial charge in [-0.2, -0.15) is 0 Å². The molecule has 0 aliphatic heterocycles. The molecule has 0 bridgehead atoms. The smallest absolute Gasteiger partial charge is 0.250 e. The Morgan fingerprint density at radius 3 is 1.75 bits per heavy atom. The van der Waals surface area contributed by atoms with E-state index in [1.807, 2.05) is 18.6 Å². The van der Waals surface area contributed by atoms with Gasteiger partial charge in [0, 0.05) is 13.0 Å². The second kappa shape index (κ2) is 10.6. The largest absolute Gasteiger partial charge is 0.359 e. The van der Waals surface area contributed by atoms with Crippen LogP contribution in [0.4, 0.5) is 0 Å². The van der Waals surface area contributed by atoms with E-state index in [0.29, 0.717) is 6.42 Å². The summed E-state index contributed by atoms with van der Waals surface area (Å²) in [5, 5.41) is 5.27. The van der Waals surface area contributed by atoms with Gasteiger partial charge in [-0.1, -0.05) is 20.8 Å². The number of hydrogen-bond acceptors (Lipinski definition) is 5. The molecule has 0 aliphatic carbocycles. The Hall–Kier alpha value is -1.15. The molecular weight excluding hydrogens is 282 g/mol. The number of sulfonamides is 1. The molecule has 3 N–H and O–H groups in total. The zero-order valence-electron chi connectivity index (χ0n) is 13.1. The normalized spacial score (nSPS) is 13.5. The second-order valence-electron chi connectivity index (χ2n) is 4.41.